The van der Waals surface area contributed by atoms with Gasteiger partial charge in [-0.15, -0.1) is 5.10 Å². The molecule has 2 rings (SSSR count). The van der Waals surface area contributed by atoms with Gasteiger partial charge in [-0.25, -0.2) is 0 Å². The lowest BCUT2D eigenvalue weighted by atomic mass is 10.1. The van der Waals surface area contributed by atoms with Crippen LogP contribution in [0.5, 0.6) is 0 Å². The van der Waals surface area contributed by atoms with Crippen LogP contribution in [0.25, 0.3) is 0 Å². The molecule has 1 aliphatic heterocycles. The molecular weight excluding hydrogens is 210 g/mol. The Labute approximate surface area is 93.8 Å². The lowest BCUT2D eigenvalue weighted by Gasteiger charge is -2.29. The van der Waals surface area contributed by atoms with Crippen molar-refractivity contribution < 1.29 is 0 Å². The van der Waals surface area contributed by atoms with Crippen LogP contribution in [0.3, 0.4) is 0 Å². The van der Waals surface area contributed by atoms with Gasteiger partial charge in [0.15, 0.2) is 0 Å². The average Bonchev–Trinajstić information content (AvgIpc) is 2.67. The Bertz CT molecular complexity index is 313. The van der Waals surface area contributed by atoms with Crippen molar-refractivity contribution in [1.29, 1.82) is 0 Å². The minimum atomic E-state index is 0.265. The molecule has 84 valence electrons. The van der Waals surface area contributed by atoms with Crippen LogP contribution in [0.4, 0.5) is 5.95 Å². The molecule has 1 aliphatic rings. The minimum Gasteiger partial charge on any atom is -0.338 e. The van der Waals surface area contributed by atoms with Gasteiger partial charge in [0.1, 0.15) is 5.82 Å². The zero-order valence-electron chi connectivity index (χ0n) is 8.94. The van der Waals surface area contributed by atoms with Gasteiger partial charge in [-0.1, -0.05) is 0 Å². The maximum Gasteiger partial charge on any atom is 0.244 e. The summed E-state index contributed by atoms with van der Waals surface area (Å²) in [6, 6.07) is 0.265. The van der Waals surface area contributed by atoms with Crippen LogP contribution in [0.2, 0.25) is 0 Å². The first kappa shape index (κ1) is 10.8. The lowest BCUT2D eigenvalue weighted by Crippen LogP contribution is -2.43. The van der Waals surface area contributed by atoms with Crippen molar-refractivity contribution in [3.63, 3.8) is 0 Å². The third kappa shape index (κ3) is 2.63. The Balaban J connectivity index is 2.01. The molecule has 5 nitrogen and oxygen atoms in total. The molecule has 0 aliphatic carbocycles. The number of H-pyrrole nitrogens is 1. The van der Waals surface area contributed by atoms with E-state index in [9.17, 15) is 0 Å². The summed E-state index contributed by atoms with van der Waals surface area (Å²) in [5.74, 6) is 2.62. The Kier molecular flexibility index (Phi) is 3.48. The molecule has 3 N–H and O–H groups in total. The highest BCUT2D eigenvalue weighted by atomic mass is 32.2. The molecule has 1 unspecified atom stereocenters. The predicted octanol–water partition coefficient (Wildman–Crippen LogP) is 0.595. The maximum absolute atomic E-state index is 5.92. The number of thioether (sulfide) groups is 1. The normalized spacial score (nSPS) is 22.0. The number of nitrogens with two attached hydrogens (primary N) is 1. The van der Waals surface area contributed by atoms with Crippen molar-refractivity contribution in [2.45, 2.75) is 24.6 Å². The summed E-state index contributed by atoms with van der Waals surface area (Å²) in [5.41, 5.74) is 5.92. The molecule has 1 aromatic rings. The minimum absolute atomic E-state index is 0.265. The summed E-state index contributed by atoms with van der Waals surface area (Å²) >= 11 is 1.74. The van der Waals surface area contributed by atoms with E-state index >= 15 is 0 Å². The number of hydrogen-bond donors (Lipinski definition) is 2. The largest absolute Gasteiger partial charge is 0.338 e. The van der Waals surface area contributed by atoms with Gasteiger partial charge in [0.2, 0.25) is 5.95 Å². The van der Waals surface area contributed by atoms with Crippen molar-refractivity contribution in [2.75, 3.05) is 24.2 Å². The quantitative estimate of drug-likeness (QED) is 0.791. The number of nitrogens with zero attached hydrogens (tertiary/aromatic N) is 3. The van der Waals surface area contributed by atoms with E-state index in [2.05, 4.69) is 26.3 Å². The maximum atomic E-state index is 5.92. The van der Waals surface area contributed by atoms with Crippen LogP contribution >= 0.6 is 11.8 Å². The second-order valence-electron chi connectivity index (χ2n) is 3.86. The van der Waals surface area contributed by atoms with E-state index in [0.717, 1.165) is 43.5 Å². The molecule has 0 spiro atoms. The first-order valence-electron chi connectivity index (χ1n) is 5.20. The fourth-order valence-corrected chi connectivity index (χ4v) is 2.22. The van der Waals surface area contributed by atoms with Crippen molar-refractivity contribution in [2.24, 2.45) is 5.73 Å². The third-order valence-electron chi connectivity index (χ3n) is 2.54. The first-order valence-corrected chi connectivity index (χ1v) is 6.59. The van der Waals surface area contributed by atoms with E-state index < -0.39 is 0 Å². The highest BCUT2D eigenvalue weighted by Crippen LogP contribution is 2.15. The Morgan fingerprint density at radius 2 is 2.53 bits per heavy atom. The predicted molar refractivity (Wildman–Crippen MR) is 63.0 cm³/mol. The molecule has 0 radical (unpaired) electrons. The van der Waals surface area contributed by atoms with Crippen molar-refractivity contribution in [3.05, 3.63) is 5.82 Å². The molecule has 1 aromatic heterocycles. The molecule has 2 heterocycles. The van der Waals surface area contributed by atoms with Gasteiger partial charge in [-0.2, -0.15) is 16.7 Å². The fraction of sp³-hybridized carbons (Fsp3) is 0.778. The molecule has 1 atom stereocenters. The number of aromatic amines is 1. The van der Waals surface area contributed by atoms with Crippen LogP contribution < -0.4 is 10.6 Å². The highest BCUT2D eigenvalue weighted by Gasteiger charge is 2.19. The summed E-state index contributed by atoms with van der Waals surface area (Å²) in [6.07, 6.45) is 4.30. The number of rotatable bonds is 3. The highest BCUT2D eigenvalue weighted by molar-refractivity contribution is 7.97. The van der Waals surface area contributed by atoms with Crippen LogP contribution in [0.15, 0.2) is 0 Å². The van der Waals surface area contributed by atoms with E-state index in [1.807, 2.05) is 0 Å². The summed E-state index contributed by atoms with van der Waals surface area (Å²) in [6.45, 7) is 1.89. The lowest BCUT2D eigenvalue weighted by molar-refractivity contribution is 0.500. The van der Waals surface area contributed by atoms with Crippen LogP contribution in [-0.2, 0) is 5.75 Å². The van der Waals surface area contributed by atoms with E-state index in [4.69, 9.17) is 5.73 Å². The summed E-state index contributed by atoms with van der Waals surface area (Å²) in [4.78, 5) is 6.60. The average molecular weight is 227 g/mol. The number of hydrogen-bond acceptors (Lipinski definition) is 5. The monoisotopic (exact) mass is 227 g/mol. The second kappa shape index (κ2) is 4.85. The zero-order chi connectivity index (χ0) is 10.7. The molecule has 0 aromatic carbocycles. The molecule has 0 bridgehead atoms. The van der Waals surface area contributed by atoms with Gasteiger partial charge in [-0.05, 0) is 19.1 Å². The molecule has 6 heteroatoms. The Morgan fingerprint density at radius 3 is 3.27 bits per heavy atom. The van der Waals surface area contributed by atoms with Crippen molar-refractivity contribution in [3.8, 4) is 0 Å². The number of piperidine rings is 1. The van der Waals surface area contributed by atoms with Gasteiger partial charge in [0, 0.05) is 19.1 Å². The van der Waals surface area contributed by atoms with E-state index in [1.54, 1.807) is 11.8 Å². The standard InChI is InChI=1S/C9H17N5S/c1-15-6-8-11-9(13-12-8)14-4-2-3-7(10)5-14/h7H,2-6,10H2,1H3,(H,11,12,13). The Morgan fingerprint density at radius 1 is 1.67 bits per heavy atom. The molecular formula is C9H17N5S. The summed E-state index contributed by atoms with van der Waals surface area (Å²) in [7, 11) is 0. The number of nitrogens with one attached hydrogen (secondary N) is 1. The van der Waals surface area contributed by atoms with Crippen molar-refractivity contribution >= 4 is 17.7 Å². The van der Waals surface area contributed by atoms with Crippen LogP contribution in [0, 0.1) is 0 Å². The smallest absolute Gasteiger partial charge is 0.244 e. The van der Waals surface area contributed by atoms with Gasteiger partial charge in [0.05, 0.1) is 5.75 Å². The summed E-state index contributed by atoms with van der Waals surface area (Å²) in [5, 5.41) is 7.17. The van der Waals surface area contributed by atoms with E-state index in [1.165, 1.54) is 0 Å². The Hall–Kier alpha value is -0.750. The zero-order valence-corrected chi connectivity index (χ0v) is 9.76. The number of aromatic nitrogens is 3. The topological polar surface area (TPSA) is 70.8 Å². The van der Waals surface area contributed by atoms with Gasteiger partial charge < -0.3 is 10.6 Å². The van der Waals surface area contributed by atoms with Gasteiger partial charge in [-0.3, -0.25) is 5.10 Å². The SMILES string of the molecule is CSCc1nc(N2CCCC(N)C2)n[nH]1. The molecule has 15 heavy (non-hydrogen) atoms. The molecule has 1 saturated heterocycles. The van der Waals surface area contributed by atoms with Gasteiger partial charge >= 0.3 is 0 Å². The van der Waals surface area contributed by atoms with E-state index in [-0.39, 0.29) is 6.04 Å². The van der Waals surface area contributed by atoms with Crippen LogP contribution in [-0.4, -0.2) is 40.6 Å². The molecule has 1 fully saturated rings. The third-order valence-corrected chi connectivity index (χ3v) is 3.10. The second-order valence-corrected chi connectivity index (χ2v) is 4.73. The fourth-order valence-electron chi connectivity index (χ4n) is 1.82. The van der Waals surface area contributed by atoms with E-state index in [0.29, 0.717) is 0 Å². The van der Waals surface area contributed by atoms with Gasteiger partial charge in [0.25, 0.3) is 0 Å². The van der Waals surface area contributed by atoms with Crippen molar-refractivity contribution in [1.82, 2.24) is 15.2 Å². The molecule has 0 saturated carbocycles. The molecule has 0 amide bonds. The van der Waals surface area contributed by atoms with Crippen LogP contribution in [0.1, 0.15) is 18.7 Å². The number of anilines is 1. The first-order chi connectivity index (χ1) is 7.29. The summed E-state index contributed by atoms with van der Waals surface area (Å²) < 4.78 is 0.